The molecule has 2 aromatic heterocycles. The van der Waals surface area contributed by atoms with Crippen molar-refractivity contribution in [2.45, 2.75) is 11.4 Å². The zero-order chi connectivity index (χ0) is 14.0. The van der Waals surface area contributed by atoms with Gasteiger partial charge in [0.05, 0.1) is 9.47 Å². The van der Waals surface area contributed by atoms with Gasteiger partial charge in [0.25, 0.3) is 0 Å². The summed E-state index contributed by atoms with van der Waals surface area (Å²) in [5.74, 6) is 0. The SMILES string of the molecule is CN(Cc1csc(Br)c1)S(=O)(=O)c1cnccc1N. The Morgan fingerprint density at radius 3 is 2.84 bits per heavy atom. The van der Waals surface area contributed by atoms with Gasteiger partial charge >= 0.3 is 0 Å². The second kappa shape index (κ2) is 5.58. The number of nitrogens with zero attached hydrogens (tertiary/aromatic N) is 2. The largest absolute Gasteiger partial charge is 0.398 e. The maximum atomic E-state index is 12.4. The van der Waals surface area contributed by atoms with Gasteiger partial charge in [-0.3, -0.25) is 4.98 Å². The van der Waals surface area contributed by atoms with E-state index in [2.05, 4.69) is 20.9 Å². The van der Waals surface area contributed by atoms with Crippen molar-refractivity contribution in [3.63, 3.8) is 0 Å². The fraction of sp³-hybridized carbons (Fsp3) is 0.182. The third kappa shape index (κ3) is 3.14. The molecule has 0 atom stereocenters. The molecule has 2 N–H and O–H groups in total. The number of rotatable bonds is 4. The van der Waals surface area contributed by atoms with E-state index < -0.39 is 10.0 Å². The van der Waals surface area contributed by atoms with Crippen LogP contribution in [0.4, 0.5) is 5.69 Å². The molecule has 0 saturated carbocycles. The van der Waals surface area contributed by atoms with Crippen molar-refractivity contribution >= 4 is 43.0 Å². The molecule has 0 radical (unpaired) electrons. The third-order valence-electron chi connectivity index (χ3n) is 2.53. The molecule has 0 spiro atoms. The van der Waals surface area contributed by atoms with Crippen LogP contribution in [0.1, 0.15) is 5.56 Å². The molecular formula is C11H12BrN3O2S2. The van der Waals surface area contributed by atoms with Gasteiger partial charge in [-0.05, 0) is 39.0 Å². The topological polar surface area (TPSA) is 76.3 Å². The van der Waals surface area contributed by atoms with E-state index in [9.17, 15) is 8.42 Å². The summed E-state index contributed by atoms with van der Waals surface area (Å²) < 4.78 is 26.9. The van der Waals surface area contributed by atoms with Crippen LogP contribution in [0.2, 0.25) is 0 Å². The number of halogens is 1. The van der Waals surface area contributed by atoms with Crippen LogP contribution in [0.15, 0.2) is 38.6 Å². The number of thiophene rings is 1. The Morgan fingerprint density at radius 2 is 2.26 bits per heavy atom. The monoisotopic (exact) mass is 361 g/mol. The highest BCUT2D eigenvalue weighted by Crippen LogP contribution is 2.25. The predicted octanol–water partition coefficient (Wildman–Crippen LogP) is 2.31. The zero-order valence-corrected chi connectivity index (χ0v) is 13.3. The summed E-state index contributed by atoms with van der Waals surface area (Å²) in [6, 6.07) is 3.37. The second-order valence-electron chi connectivity index (χ2n) is 3.93. The molecule has 0 aliphatic rings. The number of sulfonamides is 1. The van der Waals surface area contributed by atoms with E-state index in [1.807, 2.05) is 11.4 Å². The van der Waals surface area contributed by atoms with Gasteiger partial charge in [0, 0.05) is 26.0 Å². The van der Waals surface area contributed by atoms with E-state index in [0.29, 0.717) is 6.54 Å². The molecule has 0 aliphatic carbocycles. The predicted molar refractivity (Wildman–Crippen MR) is 79.3 cm³/mol. The second-order valence-corrected chi connectivity index (χ2v) is 8.24. The van der Waals surface area contributed by atoms with Crippen molar-refractivity contribution in [1.29, 1.82) is 0 Å². The van der Waals surface area contributed by atoms with E-state index in [1.165, 1.54) is 41.1 Å². The highest BCUT2D eigenvalue weighted by atomic mass is 79.9. The number of hydrogen-bond acceptors (Lipinski definition) is 5. The first kappa shape index (κ1) is 14.4. The van der Waals surface area contributed by atoms with Gasteiger partial charge in [-0.2, -0.15) is 4.31 Å². The van der Waals surface area contributed by atoms with Crippen molar-refractivity contribution in [2.75, 3.05) is 12.8 Å². The van der Waals surface area contributed by atoms with Gasteiger partial charge in [-0.25, -0.2) is 8.42 Å². The van der Waals surface area contributed by atoms with Crippen LogP contribution in [0.25, 0.3) is 0 Å². The van der Waals surface area contributed by atoms with Gasteiger partial charge in [-0.1, -0.05) is 0 Å². The Balaban J connectivity index is 2.27. The van der Waals surface area contributed by atoms with Crippen LogP contribution in [0, 0.1) is 0 Å². The molecule has 2 heterocycles. The number of aromatic nitrogens is 1. The summed E-state index contributed by atoms with van der Waals surface area (Å²) in [5, 5.41) is 1.91. The summed E-state index contributed by atoms with van der Waals surface area (Å²) in [7, 11) is -2.10. The maximum Gasteiger partial charge on any atom is 0.246 e. The summed E-state index contributed by atoms with van der Waals surface area (Å²) in [6.45, 7) is 0.290. The first-order valence-electron chi connectivity index (χ1n) is 5.30. The number of nitrogens with two attached hydrogens (primary N) is 1. The molecule has 5 nitrogen and oxygen atoms in total. The van der Waals surface area contributed by atoms with E-state index in [4.69, 9.17) is 5.73 Å². The Morgan fingerprint density at radius 1 is 1.53 bits per heavy atom. The van der Waals surface area contributed by atoms with Crippen molar-refractivity contribution < 1.29 is 8.42 Å². The molecule has 0 aromatic carbocycles. The third-order valence-corrected chi connectivity index (χ3v) is 5.93. The van der Waals surface area contributed by atoms with Gasteiger partial charge in [0.1, 0.15) is 4.90 Å². The number of nitrogen functional groups attached to an aromatic ring is 1. The quantitative estimate of drug-likeness (QED) is 0.906. The van der Waals surface area contributed by atoms with Crippen molar-refractivity contribution in [2.24, 2.45) is 0 Å². The molecule has 19 heavy (non-hydrogen) atoms. The molecular weight excluding hydrogens is 350 g/mol. The molecule has 0 amide bonds. The Kier molecular flexibility index (Phi) is 4.24. The number of anilines is 1. The Hall–Kier alpha value is -0.960. The van der Waals surface area contributed by atoms with Crippen molar-refractivity contribution in [3.8, 4) is 0 Å². The molecule has 8 heteroatoms. The first-order chi connectivity index (χ1) is 8.91. The fourth-order valence-electron chi connectivity index (χ4n) is 1.54. The molecule has 2 aromatic rings. The maximum absolute atomic E-state index is 12.4. The smallest absolute Gasteiger partial charge is 0.246 e. The average molecular weight is 362 g/mol. The average Bonchev–Trinajstić information content (AvgIpc) is 2.75. The lowest BCUT2D eigenvalue weighted by molar-refractivity contribution is 0.467. The minimum absolute atomic E-state index is 0.0341. The van der Waals surface area contributed by atoms with Crippen LogP contribution >= 0.6 is 27.3 Å². The van der Waals surface area contributed by atoms with E-state index in [1.54, 1.807) is 0 Å². The van der Waals surface area contributed by atoms with E-state index in [0.717, 1.165) is 9.35 Å². The van der Waals surface area contributed by atoms with Crippen LogP contribution in [-0.2, 0) is 16.6 Å². The Labute approximate surface area is 124 Å². The van der Waals surface area contributed by atoms with Crippen LogP contribution < -0.4 is 5.73 Å². The zero-order valence-electron chi connectivity index (χ0n) is 10.1. The lowest BCUT2D eigenvalue weighted by Gasteiger charge is -2.17. The molecule has 0 bridgehead atoms. The normalized spacial score (nSPS) is 11.9. The molecule has 0 aliphatic heterocycles. The van der Waals surface area contributed by atoms with Gasteiger partial charge in [0.15, 0.2) is 0 Å². The summed E-state index contributed by atoms with van der Waals surface area (Å²) in [4.78, 5) is 3.85. The number of pyridine rings is 1. The summed E-state index contributed by atoms with van der Waals surface area (Å²) in [6.07, 6.45) is 2.73. The minimum Gasteiger partial charge on any atom is -0.398 e. The molecule has 0 fully saturated rings. The van der Waals surface area contributed by atoms with Crippen molar-refractivity contribution in [1.82, 2.24) is 9.29 Å². The highest BCUT2D eigenvalue weighted by Gasteiger charge is 2.23. The lowest BCUT2D eigenvalue weighted by Crippen LogP contribution is -2.27. The van der Waals surface area contributed by atoms with Crippen LogP contribution in [0.5, 0.6) is 0 Å². The van der Waals surface area contributed by atoms with E-state index >= 15 is 0 Å². The van der Waals surface area contributed by atoms with Gasteiger partial charge < -0.3 is 5.73 Å². The first-order valence-corrected chi connectivity index (χ1v) is 8.41. The van der Waals surface area contributed by atoms with Crippen molar-refractivity contribution in [3.05, 3.63) is 39.3 Å². The fourth-order valence-corrected chi connectivity index (χ4v) is 3.96. The Bertz CT molecular complexity index is 685. The number of hydrogen-bond donors (Lipinski definition) is 1. The summed E-state index contributed by atoms with van der Waals surface area (Å²) in [5.41, 5.74) is 6.81. The minimum atomic E-state index is -3.62. The standard InChI is InChI=1S/C11H12BrN3O2S2/c1-15(6-8-4-11(12)18-7-8)19(16,17)10-5-14-3-2-9(10)13/h2-5,7H,6H2,1H3,(H2,13,14). The lowest BCUT2D eigenvalue weighted by atomic mass is 10.3. The van der Waals surface area contributed by atoms with Crippen LogP contribution in [0.3, 0.4) is 0 Å². The molecule has 2 rings (SSSR count). The highest BCUT2D eigenvalue weighted by molar-refractivity contribution is 9.11. The molecule has 102 valence electrons. The van der Waals surface area contributed by atoms with Gasteiger partial charge in [0.2, 0.25) is 10.0 Å². The molecule has 0 unspecified atom stereocenters. The van der Waals surface area contributed by atoms with Gasteiger partial charge in [-0.15, -0.1) is 11.3 Å². The van der Waals surface area contributed by atoms with Crippen LogP contribution in [-0.4, -0.2) is 24.8 Å². The van der Waals surface area contributed by atoms with E-state index in [-0.39, 0.29) is 10.6 Å². The summed E-state index contributed by atoms with van der Waals surface area (Å²) >= 11 is 4.86. The molecule has 0 saturated heterocycles.